The lowest BCUT2D eigenvalue weighted by Crippen LogP contribution is -2.41. The number of H-pyrrole nitrogens is 1. The number of rotatable bonds is 4. The van der Waals surface area contributed by atoms with E-state index >= 15 is 0 Å². The maximum atomic E-state index is 14.3. The highest BCUT2D eigenvalue weighted by Gasteiger charge is 2.28. The lowest BCUT2D eigenvalue weighted by atomic mass is 10.0. The molecule has 0 radical (unpaired) electrons. The van der Waals surface area contributed by atoms with Crippen molar-refractivity contribution in [3.8, 4) is 28.8 Å². The standard InChI is InChI=1S/C24H22FN5O2/c1-32-23-17(25)3-2-4-19(23)30-22-20-18(9-12-28-24(20)31)29-21(22)16-8-10-26-13-14(16)5-6-15-7-11-27-15/h2-4,8,10,13,15,27,29-30H,7,9,11-12H2,1H3,(H,28,31). The second-order valence-corrected chi connectivity index (χ2v) is 7.67. The van der Waals surface area contributed by atoms with Gasteiger partial charge in [-0.2, -0.15) is 0 Å². The predicted molar refractivity (Wildman–Crippen MR) is 120 cm³/mol. The quantitative estimate of drug-likeness (QED) is 0.477. The molecule has 1 amide bonds. The van der Waals surface area contributed by atoms with Crippen LogP contribution in [0.2, 0.25) is 0 Å². The molecule has 0 saturated carbocycles. The molecule has 7 nitrogen and oxygen atoms in total. The summed E-state index contributed by atoms with van der Waals surface area (Å²) in [4.78, 5) is 20.4. The van der Waals surface area contributed by atoms with Gasteiger partial charge in [0.2, 0.25) is 0 Å². The highest BCUT2D eigenvalue weighted by molar-refractivity contribution is 6.06. The van der Waals surface area contributed by atoms with Gasteiger partial charge >= 0.3 is 0 Å². The van der Waals surface area contributed by atoms with E-state index in [1.165, 1.54) is 13.2 Å². The molecule has 1 saturated heterocycles. The van der Waals surface area contributed by atoms with Crippen molar-refractivity contribution in [3.63, 3.8) is 0 Å². The molecular weight excluding hydrogens is 409 g/mol. The average molecular weight is 431 g/mol. The Kier molecular flexibility index (Phi) is 5.25. The summed E-state index contributed by atoms with van der Waals surface area (Å²) in [6, 6.07) is 6.67. The molecular formula is C24H22FN5O2. The summed E-state index contributed by atoms with van der Waals surface area (Å²) in [7, 11) is 1.41. The molecule has 0 spiro atoms. The van der Waals surface area contributed by atoms with Gasteiger partial charge in [0.15, 0.2) is 11.6 Å². The number of hydrogen-bond donors (Lipinski definition) is 4. The third-order valence-corrected chi connectivity index (χ3v) is 5.69. The normalized spacial score (nSPS) is 16.8. The van der Waals surface area contributed by atoms with Crippen LogP contribution < -0.4 is 20.7 Å². The number of carbonyl (C=O) groups is 1. The number of para-hydroxylation sites is 1. The Morgan fingerprint density at radius 1 is 1.28 bits per heavy atom. The minimum absolute atomic E-state index is 0.0791. The van der Waals surface area contributed by atoms with Gasteiger partial charge in [-0.15, -0.1) is 0 Å². The Bertz CT molecular complexity index is 1250. The lowest BCUT2D eigenvalue weighted by molar-refractivity contribution is 0.0947. The monoisotopic (exact) mass is 431 g/mol. The van der Waals surface area contributed by atoms with Crippen molar-refractivity contribution in [2.75, 3.05) is 25.5 Å². The van der Waals surface area contributed by atoms with E-state index in [1.807, 2.05) is 6.07 Å². The summed E-state index contributed by atoms with van der Waals surface area (Å²) in [5.41, 5.74) is 4.56. The number of fused-ring (bicyclic) bond motifs is 1. The Balaban J connectivity index is 1.65. The number of anilines is 2. The molecule has 1 unspecified atom stereocenters. The number of nitrogens with zero attached hydrogens (tertiary/aromatic N) is 1. The van der Waals surface area contributed by atoms with Gasteiger partial charge in [-0.05, 0) is 31.2 Å². The Labute approximate surface area is 184 Å². The summed E-state index contributed by atoms with van der Waals surface area (Å²) in [5.74, 6) is 5.85. The number of ether oxygens (including phenoxy) is 1. The highest BCUT2D eigenvalue weighted by atomic mass is 19.1. The topological polar surface area (TPSA) is 91.1 Å². The summed E-state index contributed by atoms with van der Waals surface area (Å²) >= 11 is 0. The van der Waals surface area contributed by atoms with Gasteiger partial charge in [0.25, 0.3) is 5.91 Å². The predicted octanol–water partition coefficient (Wildman–Crippen LogP) is 2.97. The van der Waals surface area contributed by atoms with Crippen LogP contribution in [0.25, 0.3) is 11.3 Å². The van der Waals surface area contributed by atoms with Crippen LogP contribution >= 0.6 is 0 Å². The van der Waals surface area contributed by atoms with Crippen LogP contribution in [0.3, 0.4) is 0 Å². The van der Waals surface area contributed by atoms with E-state index in [0.29, 0.717) is 35.6 Å². The van der Waals surface area contributed by atoms with Crippen molar-refractivity contribution >= 4 is 17.3 Å². The number of benzene rings is 1. The average Bonchev–Trinajstić information content (AvgIpc) is 3.12. The van der Waals surface area contributed by atoms with Crippen LogP contribution in [-0.4, -0.2) is 42.1 Å². The van der Waals surface area contributed by atoms with E-state index in [2.05, 4.69) is 37.8 Å². The fourth-order valence-corrected chi connectivity index (χ4v) is 3.94. The van der Waals surface area contributed by atoms with Crippen LogP contribution in [0.15, 0.2) is 36.7 Å². The second-order valence-electron chi connectivity index (χ2n) is 7.67. The number of nitrogens with one attached hydrogen (secondary N) is 4. The molecule has 8 heteroatoms. The number of hydrogen-bond acceptors (Lipinski definition) is 5. The van der Waals surface area contributed by atoms with Crippen molar-refractivity contribution in [2.24, 2.45) is 0 Å². The van der Waals surface area contributed by atoms with Crippen LogP contribution in [-0.2, 0) is 6.42 Å². The minimum atomic E-state index is -0.489. The molecule has 3 aromatic rings. The number of carbonyl (C=O) groups excluding carboxylic acids is 1. The van der Waals surface area contributed by atoms with Gasteiger partial charge in [0.1, 0.15) is 0 Å². The van der Waals surface area contributed by atoms with Gasteiger partial charge in [-0.25, -0.2) is 4.39 Å². The lowest BCUT2D eigenvalue weighted by Gasteiger charge is -2.21. The molecule has 1 aromatic carbocycles. The zero-order valence-corrected chi connectivity index (χ0v) is 17.5. The maximum absolute atomic E-state index is 14.3. The molecule has 5 rings (SSSR count). The van der Waals surface area contributed by atoms with E-state index in [-0.39, 0.29) is 17.7 Å². The van der Waals surface area contributed by atoms with Crippen LogP contribution in [0.1, 0.15) is 28.0 Å². The number of aromatic nitrogens is 2. The Hall–Kier alpha value is -3.83. The molecule has 2 aromatic heterocycles. The fraction of sp³-hybridized carbons (Fsp3) is 0.250. The van der Waals surface area contributed by atoms with Crippen molar-refractivity contribution in [1.82, 2.24) is 20.6 Å². The molecule has 1 fully saturated rings. The van der Waals surface area contributed by atoms with Crippen LogP contribution in [0.5, 0.6) is 5.75 Å². The van der Waals surface area contributed by atoms with Gasteiger partial charge in [0, 0.05) is 36.6 Å². The maximum Gasteiger partial charge on any atom is 0.255 e. The largest absolute Gasteiger partial charge is 0.492 e. The third-order valence-electron chi connectivity index (χ3n) is 5.69. The molecule has 162 valence electrons. The van der Waals surface area contributed by atoms with Crippen LogP contribution in [0.4, 0.5) is 15.8 Å². The summed E-state index contributed by atoms with van der Waals surface area (Å²) in [6.45, 7) is 1.52. The zero-order chi connectivity index (χ0) is 22.1. The number of aromatic amines is 1. The SMILES string of the molecule is COc1c(F)cccc1Nc1c(-c2ccncc2C#CC2CCN2)[nH]c2c1C(=O)NCC2. The van der Waals surface area contributed by atoms with Gasteiger partial charge in [-0.1, -0.05) is 17.9 Å². The van der Waals surface area contributed by atoms with E-state index in [1.54, 1.807) is 24.5 Å². The summed E-state index contributed by atoms with van der Waals surface area (Å²) in [5, 5.41) is 9.40. The number of pyridine rings is 1. The summed E-state index contributed by atoms with van der Waals surface area (Å²) < 4.78 is 19.6. The Morgan fingerprint density at radius 2 is 2.16 bits per heavy atom. The van der Waals surface area contributed by atoms with Crippen molar-refractivity contribution in [3.05, 3.63) is 59.3 Å². The molecule has 4 N–H and O–H groups in total. The first-order chi connectivity index (χ1) is 15.7. The first-order valence-corrected chi connectivity index (χ1v) is 10.5. The Morgan fingerprint density at radius 3 is 2.94 bits per heavy atom. The first-order valence-electron chi connectivity index (χ1n) is 10.5. The minimum Gasteiger partial charge on any atom is -0.492 e. The molecule has 1 atom stereocenters. The van der Waals surface area contributed by atoms with Gasteiger partial charge < -0.3 is 25.7 Å². The number of methoxy groups -OCH3 is 1. The van der Waals surface area contributed by atoms with Gasteiger partial charge in [-0.3, -0.25) is 9.78 Å². The smallest absolute Gasteiger partial charge is 0.255 e. The molecule has 0 aliphatic carbocycles. The third kappa shape index (κ3) is 3.57. The molecule has 4 heterocycles. The molecule has 0 bridgehead atoms. The van der Waals surface area contributed by atoms with Gasteiger partial charge in [0.05, 0.1) is 41.3 Å². The molecule has 32 heavy (non-hydrogen) atoms. The van der Waals surface area contributed by atoms with Crippen LogP contribution in [0, 0.1) is 17.7 Å². The second kappa shape index (κ2) is 8.36. The van der Waals surface area contributed by atoms with E-state index in [9.17, 15) is 9.18 Å². The molecule has 2 aliphatic heterocycles. The fourth-order valence-electron chi connectivity index (χ4n) is 3.94. The van der Waals surface area contributed by atoms with E-state index in [4.69, 9.17) is 4.74 Å². The van der Waals surface area contributed by atoms with Crippen molar-refractivity contribution in [1.29, 1.82) is 0 Å². The van der Waals surface area contributed by atoms with Crippen molar-refractivity contribution in [2.45, 2.75) is 18.9 Å². The highest BCUT2D eigenvalue weighted by Crippen LogP contribution is 2.40. The zero-order valence-electron chi connectivity index (χ0n) is 17.5. The van der Waals surface area contributed by atoms with E-state index < -0.39 is 5.82 Å². The summed E-state index contributed by atoms with van der Waals surface area (Å²) in [6.07, 6.45) is 5.09. The number of halogens is 1. The van der Waals surface area contributed by atoms with Crippen molar-refractivity contribution < 1.29 is 13.9 Å². The number of amides is 1. The first kappa shape index (κ1) is 20.1. The van der Waals surface area contributed by atoms with E-state index in [0.717, 1.165) is 29.8 Å². The molecule has 2 aliphatic rings.